The fourth-order valence-corrected chi connectivity index (χ4v) is 15.2. The monoisotopic (exact) mass is 1600 g/mol. The number of H-pyrrole nitrogens is 6. The molecule has 0 saturated carbocycles. The van der Waals surface area contributed by atoms with Crippen molar-refractivity contribution in [3.63, 3.8) is 0 Å². The molecule has 0 aliphatic heterocycles. The molecule has 0 spiro atoms. The molecular formula is C92H94N22O6. The Labute approximate surface area is 688 Å². The molecule has 0 atom stereocenters. The Hall–Kier alpha value is -14.6. The number of hydrogen-bond acceptors (Lipinski definition) is 14. The molecule has 608 valence electrons. The molecule has 6 N–H and O–H groups in total. The zero-order chi connectivity index (χ0) is 86.0. The zero-order valence-corrected chi connectivity index (χ0v) is 70.1. The van der Waals surface area contributed by atoms with Gasteiger partial charge in [-0.15, -0.1) is 0 Å². The van der Waals surface area contributed by atoms with Crippen LogP contribution in [0.1, 0.15) is 212 Å². The molecule has 18 aromatic rings. The molecule has 0 fully saturated rings. The van der Waals surface area contributed by atoms with Gasteiger partial charge in [-0.1, -0.05) is 134 Å². The van der Waals surface area contributed by atoms with Gasteiger partial charge in [0, 0.05) is 68.6 Å². The lowest BCUT2D eigenvalue weighted by molar-refractivity contribution is 0.783. The Bertz CT molecular complexity index is 7610. The average molecular weight is 1600 g/mol. The summed E-state index contributed by atoms with van der Waals surface area (Å²) in [4.78, 5) is 129. The molecule has 0 amide bonds. The van der Waals surface area contributed by atoms with Gasteiger partial charge in [-0.25, -0.2) is 66.0 Å². The molecule has 28 nitrogen and oxygen atoms in total. The standard InChI is InChI=1S/2C16H16N4O.2C16H19N3O.2C14H12N4O/c1-4-11-14(9(2)3)19-16-18-12-7-10(8-17)5-6-13(12)20(16)15(11)21;1-4-11-14(9(2)3)19-16-18-12-6-5-10(8-17)7-13(12)20(16)15(11)21;1-4-6-12-11(5-2)15(20)19-14-8-7-10(3)9-13(14)18-16(19)17-12;1-4-6-12-11(5-2)15(20)19-14-9-10(3)7-8-13(14)18-16(19)17-12;1-8(2)10-7-13(19)18-12-5-4-9(15-3)6-11(12)17-14(18)16-10;1-8(2)11-7-13(19)18-12-6-9(15-3)4-5-10(12)16-14(18)17-11/h2*5-7,9H,4H2,1-3H3,(H,18,19);2*7-9H,4-6H2,1-3H3,(H,17,18);2*4-8H,1-2H3,(H,16,17). The molecule has 0 aliphatic carbocycles. The van der Waals surface area contributed by atoms with Gasteiger partial charge < -0.3 is 29.9 Å². The summed E-state index contributed by atoms with van der Waals surface area (Å²) in [6, 6.07) is 40.1. The van der Waals surface area contributed by atoms with E-state index in [1.54, 1.807) is 103 Å². The first-order valence-corrected chi connectivity index (χ1v) is 40.5. The second-order valence-corrected chi connectivity index (χ2v) is 30.9. The van der Waals surface area contributed by atoms with Gasteiger partial charge in [-0.3, -0.25) is 28.8 Å². The van der Waals surface area contributed by atoms with E-state index in [9.17, 15) is 28.8 Å². The van der Waals surface area contributed by atoms with Gasteiger partial charge in [0.25, 0.3) is 33.4 Å². The zero-order valence-electron chi connectivity index (χ0n) is 70.1. The van der Waals surface area contributed by atoms with E-state index in [2.05, 4.69) is 123 Å². The number of fused-ring (bicyclic) bond motifs is 18. The second kappa shape index (κ2) is 34.7. The van der Waals surface area contributed by atoms with Crippen molar-refractivity contribution in [3.05, 3.63) is 285 Å². The smallest absolute Gasteiger partial charge is 0.262 e. The van der Waals surface area contributed by atoms with E-state index < -0.39 is 0 Å². The molecule has 120 heavy (non-hydrogen) atoms. The summed E-state index contributed by atoms with van der Waals surface area (Å²) in [5, 5.41) is 18.0. The molecule has 12 aromatic heterocycles. The minimum absolute atomic E-state index is 0.0258. The quantitative estimate of drug-likeness (QED) is 0.0620. The van der Waals surface area contributed by atoms with Gasteiger partial charge >= 0.3 is 0 Å². The van der Waals surface area contributed by atoms with Gasteiger partial charge in [0.15, 0.2) is 11.4 Å². The van der Waals surface area contributed by atoms with Crippen LogP contribution >= 0.6 is 0 Å². The molecule has 0 unspecified atom stereocenters. The highest BCUT2D eigenvalue weighted by Gasteiger charge is 2.22. The highest BCUT2D eigenvalue weighted by atomic mass is 16.2. The molecule has 0 aliphatic rings. The van der Waals surface area contributed by atoms with Crippen LogP contribution < -0.4 is 33.4 Å². The first kappa shape index (κ1) is 83.3. The largest absolute Gasteiger partial charge is 0.328 e. The van der Waals surface area contributed by atoms with Gasteiger partial charge in [0.05, 0.1) is 103 Å². The van der Waals surface area contributed by atoms with Crippen LogP contribution in [0.25, 0.3) is 111 Å². The van der Waals surface area contributed by atoms with Crippen LogP contribution in [0, 0.1) is 49.7 Å². The predicted molar refractivity (Wildman–Crippen MR) is 473 cm³/mol. The first-order chi connectivity index (χ1) is 57.6. The van der Waals surface area contributed by atoms with Crippen molar-refractivity contribution in [1.82, 2.24) is 86.2 Å². The van der Waals surface area contributed by atoms with Crippen molar-refractivity contribution in [1.29, 1.82) is 10.5 Å². The van der Waals surface area contributed by atoms with Crippen molar-refractivity contribution >= 4 is 112 Å². The van der Waals surface area contributed by atoms with E-state index in [0.29, 0.717) is 103 Å². The van der Waals surface area contributed by atoms with E-state index in [-0.39, 0.29) is 57.0 Å². The summed E-state index contributed by atoms with van der Waals surface area (Å²) in [5.74, 6) is 4.33. The van der Waals surface area contributed by atoms with Crippen molar-refractivity contribution < 1.29 is 0 Å². The maximum atomic E-state index is 12.8. The number of aromatic nitrogens is 18. The lowest BCUT2D eigenvalue weighted by Crippen LogP contribution is -2.22. The summed E-state index contributed by atoms with van der Waals surface area (Å²) >= 11 is 0. The molecule has 28 heteroatoms. The third kappa shape index (κ3) is 15.9. The van der Waals surface area contributed by atoms with E-state index in [0.717, 1.165) is 139 Å². The van der Waals surface area contributed by atoms with E-state index >= 15 is 0 Å². The summed E-state index contributed by atoms with van der Waals surface area (Å²) in [6.45, 7) is 46.6. The van der Waals surface area contributed by atoms with Crippen LogP contribution in [0.5, 0.6) is 0 Å². The van der Waals surface area contributed by atoms with Crippen LogP contribution in [0.4, 0.5) is 11.4 Å². The van der Waals surface area contributed by atoms with Crippen LogP contribution in [0.3, 0.4) is 0 Å². The number of benzene rings is 6. The van der Waals surface area contributed by atoms with E-state index in [4.69, 9.17) is 23.7 Å². The predicted octanol–water partition coefficient (Wildman–Crippen LogP) is 17.2. The molecular weight excluding hydrogens is 1510 g/mol. The van der Waals surface area contributed by atoms with Crippen LogP contribution in [0.15, 0.2) is 150 Å². The Kier molecular flexibility index (Phi) is 24.1. The van der Waals surface area contributed by atoms with Crippen molar-refractivity contribution in [2.24, 2.45) is 0 Å². The van der Waals surface area contributed by atoms with E-state index in [1.807, 2.05) is 106 Å². The van der Waals surface area contributed by atoms with Gasteiger partial charge in [-0.05, 0) is 172 Å². The van der Waals surface area contributed by atoms with Gasteiger partial charge in [-0.2, -0.15) is 10.5 Å². The fourth-order valence-electron chi connectivity index (χ4n) is 15.2. The Morgan fingerprint density at radius 1 is 0.350 bits per heavy atom. The molecule has 6 aromatic carbocycles. The van der Waals surface area contributed by atoms with Crippen molar-refractivity contribution in [2.45, 2.75) is 186 Å². The number of nitrogens with one attached hydrogen (secondary N) is 6. The SMILES string of the molecule is CCCc1[nH]c2nc3cc(C)ccc3n2c(=O)c1CC.CCCc1[nH]c2nc3ccc(C)cc3n2c(=O)c1CC.CCc1c(C(C)C)[nH]c2nc3cc(C#N)ccc3n2c1=O.CCc1c(C(C)C)[nH]c2nc3ccc(C#N)cc3n2c1=O.[C-]#[N+]c1ccc2c(c1)nc1[nH]c(C(C)C)cc(=O)n12.[C-]#[N+]c1ccc2nc3[nH]c(C(C)C)cc(=O)n3c2c1. The van der Waals surface area contributed by atoms with E-state index in [1.165, 1.54) is 8.80 Å². The van der Waals surface area contributed by atoms with Gasteiger partial charge in [0.2, 0.25) is 34.7 Å². The number of imidazole rings is 6. The Morgan fingerprint density at radius 3 is 1.14 bits per heavy atom. The van der Waals surface area contributed by atoms with Crippen molar-refractivity contribution in [3.8, 4) is 12.1 Å². The number of nitrogens with zero attached hydrogens (tertiary/aromatic N) is 16. The third-order valence-electron chi connectivity index (χ3n) is 21.3. The first-order valence-electron chi connectivity index (χ1n) is 40.5. The lowest BCUT2D eigenvalue weighted by Gasteiger charge is -2.11. The topological polar surface area (TPSA) is 357 Å². The molecule has 0 saturated heterocycles. The molecule has 18 rings (SSSR count). The maximum absolute atomic E-state index is 12.8. The van der Waals surface area contributed by atoms with Gasteiger partial charge in [0.1, 0.15) is 0 Å². The number of rotatable bonds is 12. The average Bonchev–Trinajstić information content (AvgIpc) is 1.61. The minimum Gasteiger partial charge on any atom is -0.328 e. The Balaban J connectivity index is 0.000000125. The van der Waals surface area contributed by atoms with Crippen molar-refractivity contribution in [2.75, 3.05) is 0 Å². The molecule has 12 heterocycles. The summed E-state index contributed by atoms with van der Waals surface area (Å²) in [7, 11) is 0. The number of aryl methyl sites for hydroxylation is 4. The van der Waals surface area contributed by atoms with Crippen LogP contribution in [-0.2, 0) is 38.5 Å². The summed E-state index contributed by atoms with van der Waals surface area (Å²) in [6.07, 6.45) is 6.62. The minimum atomic E-state index is -0.123. The fraction of sp³-hybridized carbons (Fsp3) is 0.304. The highest BCUT2D eigenvalue weighted by molar-refractivity contribution is 5.86. The lowest BCUT2D eigenvalue weighted by atomic mass is 10.0. The summed E-state index contributed by atoms with van der Waals surface area (Å²) < 4.78 is 9.63. The Morgan fingerprint density at radius 2 is 0.683 bits per heavy atom. The second-order valence-electron chi connectivity index (χ2n) is 30.9. The molecule has 0 bridgehead atoms. The third-order valence-corrected chi connectivity index (χ3v) is 21.3. The number of aromatic amines is 6. The highest BCUT2D eigenvalue weighted by Crippen LogP contribution is 2.28. The molecule has 0 radical (unpaired) electrons. The summed E-state index contributed by atoms with van der Waals surface area (Å²) in [5.41, 5.74) is 22.2. The van der Waals surface area contributed by atoms with Crippen LogP contribution in [0.2, 0.25) is 0 Å². The number of hydrogen-bond donors (Lipinski definition) is 6. The number of nitriles is 2. The van der Waals surface area contributed by atoms with Crippen LogP contribution in [-0.4, -0.2) is 86.2 Å². The maximum Gasteiger partial charge on any atom is 0.262 e. The normalized spacial score (nSPS) is 11.4.